The van der Waals surface area contributed by atoms with Gasteiger partial charge in [0.05, 0.1) is 0 Å². The minimum absolute atomic E-state index is 0.206. The van der Waals surface area contributed by atoms with Gasteiger partial charge in [-0.2, -0.15) is 0 Å². The Morgan fingerprint density at radius 3 is 2.80 bits per heavy atom. The van der Waals surface area contributed by atoms with Gasteiger partial charge in [-0.05, 0) is 6.07 Å². The van der Waals surface area contributed by atoms with E-state index in [9.17, 15) is 4.79 Å². The van der Waals surface area contributed by atoms with Gasteiger partial charge in [-0.15, -0.1) is 0 Å². The Balaban J connectivity index is 3.07. The number of aromatic nitrogens is 1. The van der Waals surface area contributed by atoms with Crippen molar-refractivity contribution in [2.24, 2.45) is 0 Å². The van der Waals surface area contributed by atoms with Crippen LogP contribution in [-0.4, -0.2) is 11.1 Å². The van der Waals surface area contributed by atoms with E-state index in [-0.39, 0.29) is 5.56 Å². The van der Waals surface area contributed by atoms with Gasteiger partial charge < -0.3 is 21.9 Å². The summed E-state index contributed by atoms with van der Waals surface area (Å²) < 4.78 is 1.28. The molecule has 0 unspecified atom stereocenters. The van der Waals surface area contributed by atoms with Crippen LogP contribution in [0.25, 0.3) is 0 Å². The van der Waals surface area contributed by atoms with Gasteiger partial charge in [-0.1, -0.05) is 0 Å². The summed E-state index contributed by atoms with van der Waals surface area (Å²) in [4.78, 5) is 10.3. The number of carboxylic acid groups (broad SMARTS) is 1. The van der Waals surface area contributed by atoms with Crippen molar-refractivity contribution < 1.29 is 13.9 Å². The summed E-state index contributed by atoms with van der Waals surface area (Å²) in [5.74, 6) is -0.959. The lowest BCUT2D eigenvalue weighted by Gasteiger charge is -1.95. The quantitative estimate of drug-likeness (QED) is 0.458. The number of carboxylic acids is 1. The maximum atomic E-state index is 10.3. The zero-order valence-corrected chi connectivity index (χ0v) is 5.84. The van der Waals surface area contributed by atoms with Gasteiger partial charge in [0.25, 0.3) is 0 Å². The fraction of sp³-hybridized carbons (Fsp3) is 0. The molecule has 0 aliphatic heterocycles. The number of rotatable bonds is 1. The molecule has 3 nitrogen and oxygen atoms in total. The van der Waals surface area contributed by atoms with Gasteiger partial charge in [0.1, 0.15) is 5.56 Å². The van der Waals surface area contributed by atoms with Crippen molar-refractivity contribution in [3.05, 3.63) is 30.1 Å². The van der Waals surface area contributed by atoms with Crippen LogP contribution in [0.4, 0.5) is 0 Å². The van der Waals surface area contributed by atoms with E-state index in [1.807, 2.05) is 0 Å². The Labute approximate surface area is 63.5 Å². The molecule has 1 heterocycles. The first-order chi connectivity index (χ1) is 4.70. The molecule has 0 bridgehead atoms. The molecule has 0 amide bonds. The molecule has 0 aromatic carbocycles. The van der Waals surface area contributed by atoms with Crippen LogP contribution in [0.3, 0.4) is 0 Å². The zero-order chi connectivity index (χ0) is 7.56. The van der Waals surface area contributed by atoms with Crippen molar-refractivity contribution in [2.75, 3.05) is 0 Å². The second kappa shape index (κ2) is 2.62. The number of aromatic carboxylic acids is 1. The van der Waals surface area contributed by atoms with Crippen LogP contribution in [0.2, 0.25) is 0 Å². The number of nitrogens with zero attached hydrogens (tertiary/aromatic N) is 1. The Morgan fingerprint density at radius 1 is 1.70 bits per heavy atom. The highest BCUT2D eigenvalue weighted by atomic mass is 32.1. The van der Waals surface area contributed by atoms with Crippen LogP contribution < -0.4 is 3.97 Å². The van der Waals surface area contributed by atoms with E-state index in [1.54, 1.807) is 12.3 Å². The lowest BCUT2D eigenvalue weighted by molar-refractivity contribution is -0.492. The Hall–Kier alpha value is -1.16. The van der Waals surface area contributed by atoms with Crippen molar-refractivity contribution in [3.63, 3.8) is 0 Å². The monoisotopic (exact) mass is 155 g/mol. The smallest absolute Gasteiger partial charge is 0.341 e. The summed E-state index contributed by atoms with van der Waals surface area (Å²) in [6.45, 7) is 0. The van der Waals surface area contributed by atoms with E-state index >= 15 is 0 Å². The number of hydrogen-bond donors (Lipinski definition) is 1. The molecular formula is C6H5NO2S. The molecule has 52 valence electrons. The molecule has 0 fully saturated rings. The highest BCUT2D eigenvalue weighted by molar-refractivity contribution is 7.50. The third-order valence-electron chi connectivity index (χ3n) is 1.02. The molecule has 0 aliphatic rings. The maximum absolute atomic E-state index is 10.3. The van der Waals surface area contributed by atoms with Gasteiger partial charge in [-0.3, -0.25) is 0 Å². The molecule has 0 saturated heterocycles. The van der Waals surface area contributed by atoms with Gasteiger partial charge >= 0.3 is 5.97 Å². The minimum Gasteiger partial charge on any atom is -0.477 e. The van der Waals surface area contributed by atoms with Gasteiger partial charge in [0.15, 0.2) is 12.4 Å². The molecule has 1 N–H and O–H groups in total. The molecule has 0 atom stereocenters. The number of carbonyl (C=O) groups is 1. The molecule has 1 rings (SSSR count). The third-order valence-corrected chi connectivity index (χ3v) is 1.25. The SMILES string of the molecule is O=C(O)c1ccc[n+]([S-])c1. The van der Waals surface area contributed by atoms with E-state index in [0.29, 0.717) is 0 Å². The summed E-state index contributed by atoms with van der Waals surface area (Å²) in [7, 11) is 0. The van der Waals surface area contributed by atoms with Crippen LogP contribution in [-0.2, 0) is 12.8 Å². The van der Waals surface area contributed by atoms with Crippen LogP contribution in [0.15, 0.2) is 24.5 Å². The van der Waals surface area contributed by atoms with Crippen molar-refractivity contribution in [1.82, 2.24) is 0 Å². The summed E-state index contributed by atoms with van der Waals surface area (Å²) in [6.07, 6.45) is 2.97. The lowest BCUT2D eigenvalue weighted by Crippen LogP contribution is -2.26. The number of pyridine rings is 1. The maximum Gasteiger partial charge on any atom is 0.341 e. The highest BCUT2D eigenvalue weighted by Gasteiger charge is 2.02. The van der Waals surface area contributed by atoms with Gasteiger partial charge in [0, 0.05) is 6.07 Å². The Morgan fingerprint density at radius 2 is 2.40 bits per heavy atom. The van der Waals surface area contributed by atoms with Crippen molar-refractivity contribution in [3.8, 4) is 0 Å². The topological polar surface area (TPSA) is 41.2 Å². The third kappa shape index (κ3) is 1.41. The first-order valence-electron chi connectivity index (χ1n) is 2.62. The van der Waals surface area contributed by atoms with Crippen molar-refractivity contribution >= 4 is 18.8 Å². The minimum atomic E-state index is -0.959. The average Bonchev–Trinajstić information content (AvgIpc) is 1.88. The Bertz CT molecular complexity index is 262. The average molecular weight is 155 g/mol. The molecule has 0 spiro atoms. The predicted molar refractivity (Wildman–Crippen MR) is 36.4 cm³/mol. The first kappa shape index (κ1) is 6.95. The molecule has 0 saturated carbocycles. The van der Waals surface area contributed by atoms with Gasteiger partial charge in [-0.25, -0.2) is 4.79 Å². The largest absolute Gasteiger partial charge is 0.477 e. The number of hydrogen-bond acceptors (Lipinski definition) is 2. The summed E-state index contributed by atoms with van der Waals surface area (Å²) >= 11 is 4.67. The van der Waals surface area contributed by atoms with Crippen LogP contribution in [0.5, 0.6) is 0 Å². The van der Waals surface area contributed by atoms with Crippen LogP contribution in [0, 0.1) is 0 Å². The Kier molecular flexibility index (Phi) is 1.82. The molecule has 0 radical (unpaired) electrons. The first-order valence-corrected chi connectivity index (χ1v) is 2.99. The van der Waals surface area contributed by atoms with E-state index in [0.717, 1.165) is 0 Å². The molecule has 10 heavy (non-hydrogen) atoms. The van der Waals surface area contributed by atoms with E-state index in [2.05, 4.69) is 12.8 Å². The molecule has 1 aromatic heterocycles. The van der Waals surface area contributed by atoms with Crippen LogP contribution in [0.1, 0.15) is 10.4 Å². The molecule has 1 aromatic rings. The van der Waals surface area contributed by atoms with Crippen molar-refractivity contribution in [1.29, 1.82) is 0 Å². The lowest BCUT2D eigenvalue weighted by atomic mass is 10.3. The van der Waals surface area contributed by atoms with Gasteiger partial charge in [0.2, 0.25) is 0 Å². The fourth-order valence-electron chi connectivity index (χ4n) is 0.581. The summed E-state index contributed by atoms with van der Waals surface area (Å²) in [5.41, 5.74) is 0.206. The van der Waals surface area contributed by atoms with Crippen molar-refractivity contribution in [2.45, 2.75) is 0 Å². The predicted octanol–water partition coefficient (Wildman–Crippen LogP) is -0.0177. The van der Waals surface area contributed by atoms with Crippen LogP contribution >= 0.6 is 0 Å². The van der Waals surface area contributed by atoms with E-state index in [4.69, 9.17) is 5.11 Å². The van der Waals surface area contributed by atoms with E-state index in [1.165, 1.54) is 16.2 Å². The highest BCUT2D eigenvalue weighted by Crippen LogP contribution is 1.91. The molecule has 0 aliphatic carbocycles. The standard InChI is InChI=1S/C6H5NO2S/c8-6(9)5-2-1-3-7(10)4-5/h1-4H,(H,8,9). The molecular weight excluding hydrogens is 150 g/mol. The molecule has 4 heteroatoms. The summed E-state index contributed by atoms with van der Waals surface area (Å²) in [6, 6.07) is 3.08. The van der Waals surface area contributed by atoms with E-state index < -0.39 is 5.97 Å². The second-order valence-electron chi connectivity index (χ2n) is 1.76. The normalized spacial score (nSPS) is 9.20. The fourth-order valence-corrected chi connectivity index (χ4v) is 0.765. The zero-order valence-electron chi connectivity index (χ0n) is 5.02. The second-order valence-corrected chi connectivity index (χ2v) is 2.18. The summed E-state index contributed by atoms with van der Waals surface area (Å²) in [5, 5.41) is 8.45.